The van der Waals surface area contributed by atoms with Gasteiger partial charge in [0.1, 0.15) is 0 Å². The Balaban J connectivity index is 1.88. The average molecular weight is 279 g/mol. The summed E-state index contributed by atoms with van der Waals surface area (Å²) < 4.78 is 1.69. The lowest BCUT2D eigenvalue weighted by molar-refractivity contribution is 0.0991. The van der Waals surface area contributed by atoms with E-state index in [1.165, 1.54) is 0 Å². The first-order valence-electron chi connectivity index (χ1n) is 7.07. The van der Waals surface area contributed by atoms with Crippen molar-refractivity contribution in [3.05, 3.63) is 59.5 Å². The van der Waals surface area contributed by atoms with Gasteiger partial charge in [-0.2, -0.15) is 5.10 Å². The molecular formula is C17H17N3O. The van der Waals surface area contributed by atoms with E-state index in [-0.39, 0.29) is 5.78 Å². The molecule has 0 amide bonds. The van der Waals surface area contributed by atoms with Gasteiger partial charge in [0, 0.05) is 24.3 Å². The maximum absolute atomic E-state index is 12.4. The molecule has 21 heavy (non-hydrogen) atoms. The van der Waals surface area contributed by atoms with Crippen LogP contribution in [0.2, 0.25) is 0 Å². The van der Waals surface area contributed by atoms with Gasteiger partial charge >= 0.3 is 0 Å². The molecule has 0 unspecified atom stereocenters. The summed E-state index contributed by atoms with van der Waals surface area (Å²) >= 11 is 0. The van der Waals surface area contributed by atoms with Gasteiger partial charge in [-0.15, -0.1) is 0 Å². The molecule has 0 aliphatic carbocycles. The number of nitrogens with zero attached hydrogens (tertiary/aromatic N) is 3. The third kappa shape index (κ3) is 2.70. The van der Waals surface area contributed by atoms with E-state index >= 15 is 0 Å². The lowest BCUT2D eigenvalue weighted by Gasteiger charge is -2.03. The Morgan fingerprint density at radius 2 is 2.00 bits per heavy atom. The molecular weight excluding hydrogens is 262 g/mol. The molecule has 0 radical (unpaired) electrons. The fourth-order valence-corrected chi connectivity index (χ4v) is 2.49. The second kappa shape index (κ2) is 5.48. The Hall–Kier alpha value is -2.49. The minimum atomic E-state index is 0.0720. The molecule has 4 nitrogen and oxygen atoms in total. The molecule has 0 saturated heterocycles. The molecule has 0 aliphatic heterocycles. The Morgan fingerprint density at radius 1 is 1.19 bits per heavy atom. The highest BCUT2D eigenvalue weighted by atomic mass is 16.1. The number of pyridine rings is 1. The first-order chi connectivity index (χ1) is 10.2. The summed E-state index contributed by atoms with van der Waals surface area (Å²) in [5.74, 6) is 0.0720. The number of hydrogen-bond acceptors (Lipinski definition) is 3. The predicted molar refractivity (Wildman–Crippen MR) is 82.4 cm³/mol. The standard InChI is InChI=1S/C17H17N3O/c1-3-15-14(11-20(2)19-15)17(21)10-13-9-8-12-6-4-5-7-16(12)18-13/h4-9,11H,3,10H2,1-2H3. The molecule has 2 aromatic heterocycles. The van der Waals surface area contributed by atoms with Crippen LogP contribution >= 0.6 is 0 Å². The second-order valence-electron chi connectivity index (χ2n) is 5.11. The van der Waals surface area contributed by atoms with Gasteiger partial charge in [-0.25, -0.2) is 0 Å². The van der Waals surface area contributed by atoms with Crippen LogP contribution in [0.5, 0.6) is 0 Å². The third-order valence-corrected chi connectivity index (χ3v) is 3.54. The van der Waals surface area contributed by atoms with Crippen molar-refractivity contribution in [2.75, 3.05) is 0 Å². The highest BCUT2D eigenvalue weighted by Gasteiger charge is 2.15. The lowest BCUT2D eigenvalue weighted by atomic mass is 10.1. The summed E-state index contributed by atoms with van der Waals surface area (Å²) in [6.45, 7) is 2.01. The van der Waals surface area contributed by atoms with E-state index in [0.29, 0.717) is 12.0 Å². The zero-order valence-electron chi connectivity index (χ0n) is 12.2. The Morgan fingerprint density at radius 3 is 2.81 bits per heavy atom. The third-order valence-electron chi connectivity index (χ3n) is 3.54. The van der Waals surface area contributed by atoms with E-state index in [1.54, 1.807) is 10.9 Å². The zero-order valence-corrected chi connectivity index (χ0v) is 12.2. The van der Waals surface area contributed by atoms with E-state index in [1.807, 2.05) is 50.4 Å². The molecule has 3 aromatic rings. The number of carbonyl (C=O) groups is 1. The number of rotatable bonds is 4. The van der Waals surface area contributed by atoms with Crippen molar-refractivity contribution >= 4 is 16.7 Å². The number of aryl methyl sites for hydroxylation is 2. The first-order valence-corrected chi connectivity index (χ1v) is 7.07. The zero-order chi connectivity index (χ0) is 14.8. The van der Waals surface area contributed by atoms with Crippen molar-refractivity contribution < 1.29 is 4.79 Å². The highest BCUT2D eigenvalue weighted by Crippen LogP contribution is 2.15. The van der Waals surface area contributed by atoms with Crippen molar-refractivity contribution in [1.82, 2.24) is 14.8 Å². The van der Waals surface area contributed by atoms with Gasteiger partial charge in [-0.05, 0) is 18.6 Å². The molecule has 0 aliphatic rings. The number of Topliss-reactive ketones (excluding diaryl/α,β-unsaturated/α-hetero) is 1. The maximum atomic E-state index is 12.4. The predicted octanol–water partition coefficient (Wildman–Crippen LogP) is 2.96. The van der Waals surface area contributed by atoms with Gasteiger partial charge < -0.3 is 0 Å². The number of fused-ring (bicyclic) bond motifs is 1. The molecule has 2 heterocycles. The largest absolute Gasteiger partial charge is 0.294 e. The molecule has 3 rings (SSSR count). The van der Waals surface area contributed by atoms with E-state index in [2.05, 4.69) is 10.1 Å². The van der Waals surface area contributed by atoms with E-state index in [4.69, 9.17) is 0 Å². The van der Waals surface area contributed by atoms with Crippen molar-refractivity contribution in [3.8, 4) is 0 Å². The van der Waals surface area contributed by atoms with Crippen LogP contribution in [-0.2, 0) is 19.9 Å². The minimum Gasteiger partial charge on any atom is -0.294 e. The first kappa shape index (κ1) is 13.5. The Kier molecular flexibility index (Phi) is 3.52. The normalized spacial score (nSPS) is 11.0. The Labute approximate surface area is 123 Å². The second-order valence-corrected chi connectivity index (χ2v) is 5.11. The lowest BCUT2D eigenvalue weighted by Crippen LogP contribution is -2.06. The van der Waals surface area contributed by atoms with Gasteiger partial charge in [0.05, 0.1) is 23.2 Å². The number of ketones is 1. The quantitative estimate of drug-likeness (QED) is 0.690. The maximum Gasteiger partial charge on any atom is 0.172 e. The molecule has 0 N–H and O–H groups in total. The molecule has 0 bridgehead atoms. The van der Waals surface area contributed by atoms with E-state index in [9.17, 15) is 4.79 Å². The van der Waals surface area contributed by atoms with Gasteiger partial charge in [0.2, 0.25) is 0 Å². The topological polar surface area (TPSA) is 47.8 Å². The molecule has 0 fully saturated rings. The van der Waals surface area contributed by atoms with Crippen molar-refractivity contribution in [3.63, 3.8) is 0 Å². The molecule has 4 heteroatoms. The monoisotopic (exact) mass is 279 g/mol. The summed E-state index contributed by atoms with van der Waals surface area (Å²) in [5.41, 5.74) is 3.27. The van der Waals surface area contributed by atoms with Crippen molar-refractivity contribution in [1.29, 1.82) is 0 Å². The fraction of sp³-hybridized carbons (Fsp3) is 0.235. The van der Waals surface area contributed by atoms with Crippen LogP contribution in [0.1, 0.15) is 28.7 Å². The van der Waals surface area contributed by atoms with Crippen LogP contribution in [0, 0.1) is 0 Å². The number of benzene rings is 1. The summed E-state index contributed by atoms with van der Waals surface area (Å²) in [6, 6.07) is 11.8. The number of para-hydroxylation sites is 1. The van der Waals surface area contributed by atoms with Crippen LogP contribution in [0.4, 0.5) is 0 Å². The summed E-state index contributed by atoms with van der Waals surface area (Å²) in [6.07, 6.45) is 2.86. The van der Waals surface area contributed by atoms with Gasteiger partial charge in [-0.1, -0.05) is 31.2 Å². The molecule has 0 atom stereocenters. The molecule has 0 saturated carbocycles. The van der Waals surface area contributed by atoms with Gasteiger partial charge in [0.15, 0.2) is 5.78 Å². The minimum absolute atomic E-state index is 0.0720. The highest BCUT2D eigenvalue weighted by molar-refractivity contribution is 5.98. The summed E-state index contributed by atoms with van der Waals surface area (Å²) in [5, 5.41) is 5.40. The fourth-order valence-electron chi connectivity index (χ4n) is 2.49. The van der Waals surface area contributed by atoms with Crippen LogP contribution in [0.3, 0.4) is 0 Å². The molecule has 1 aromatic carbocycles. The summed E-state index contributed by atoms with van der Waals surface area (Å²) in [4.78, 5) is 17.0. The van der Waals surface area contributed by atoms with Crippen LogP contribution in [0.25, 0.3) is 10.9 Å². The van der Waals surface area contributed by atoms with Gasteiger partial charge in [0.25, 0.3) is 0 Å². The van der Waals surface area contributed by atoms with E-state index < -0.39 is 0 Å². The number of carbonyl (C=O) groups excluding carboxylic acids is 1. The van der Waals surface area contributed by atoms with Crippen LogP contribution in [-0.4, -0.2) is 20.5 Å². The molecule has 106 valence electrons. The van der Waals surface area contributed by atoms with Crippen LogP contribution < -0.4 is 0 Å². The van der Waals surface area contributed by atoms with Crippen molar-refractivity contribution in [2.24, 2.45) is 7.05 Å². The van der Waals surface area contributed by atoms with Crippen molar-refractivity contribution in [2.45, 2.75) is 19.8 Å². The Bertz CT molecular complexity index is 805. The van der Waals surface area contributed by atoms with E-state index in [0.717, 1.165) is 28.7 Å². The van der Waals surface area contributed by atoms with Crippen LogP contribution in [0.15, 0.2) is 42.6 Å². The number of aromatic nitrogens is 3. The molecule has 0 spiro atoms. The van der Waals surface area contributed by atoms with Gasteiger partial charge in [-0.3, -0.25) is 14.5 Å². The summed E-state index contributed by atoms with van der Waals surface area (Å²) in [7, 11) is 1.84. The SMILES string of the molecule is CCc1nn(C)cc1C(=O)Cc1ccc2ccccc2n1. The smallest absolute Gasteiger partial charge is 0.172 e. The average Bonchev–Trinajstić information content (AvgIpc) is 2.88. The number of hydrogen-bond donors (Lipinski definition) is 0.